The fraction of sp³-hybridized carbons (Fsp3) is 0.429. The number of fused-ring (bicyclic) bond motifs is 1. The Morgan fingerprint density at radius 2 is 1.48 bits per heavy atom. The summed E-state index contributed by atoms with van der Waals surface area (Å²) in [6.07, 6.45) is 1.95. The average molecular weight is 571 g/mol. The lowest BCUT2D eigenvalue weighted by Gasteiger charge is -2.30. The number of para-hydroxylation sites is 1. The largest absolute Gasteiger partial charge is 0.346 e. The Hall–Kier alpha value is -4.00. The van der Waals surface area contributed by atoms with Gasteiger partial charge in [-0.3, -0.25) is 29.0 Å². The minimum absolute atomic E-state index is 0.0345. The molecule has 0 unspecified atom stereocenters. The number of ketones is 4. The Labute approximate surface area is 248 Å². The standard InChI is InChI=1S/C35H42N2O5/c1-22(2)27(33(41)30(38)17-16-24-12-8-7-9-13-24)20-31(39)23(3)37-34(42)28(35(4,5)6)21-32(40)26-18-19-36-29-15-11-10-14-25(26)29/h7-15,18-19,22-23,27-28H,16-17,20-21H2,1-6H3,(H,37,42)/t23-,27-,28+/m0/s1. The van der Waals surface area contributed by atoms with Crippen LogP contribution >= 0.6 is 0 Å². The number of benzene rings is 2. The van der Waals surface area contributed by atoms with Gasteiger partial charge < -0.3 is 5.32 Å². The van der Waals surface area contributed by atoms with Crippen molar-refractivity contribution in [1.82, 2.24) is 10.3 Å². The van der Waals surface area contributed by atoms with Crippen LogP contribution in [0.1, 0.15) is 76.7 Å². The molecule has 1 heterocycles. The topological polar surface area (TPSA) is 110 Å². The Balaban J connectivity index is 1.66. The van der Waals surface area contributed by atoms with Crippen LogP contribution in [-0.2, 0) is 25.6 Å². The molecule has 42 heavy (non-hydrogen) atoms. The van der Waals surface area contributed by atoms with Crippen LogP contribution in [0.5, 0.6) is 0 Å². The quantitative estimate of drug-likeness (QED) is 0.189. The third-order valence-electron chi connectivity index (χ3n) is 7.86. The van der Waals surface area contributed by atoms with E-state index in [1.54, 1.807) is 19.2 Å². The van der Waals surface area contributed by atoms with Crippen LogP contribution < -0.4 is 5.32 Å². The number of nitrogens with one attached hydrogen (secondary N) is 1. The van der Waals surface area contributed by atoms with Crippen LogP contribution in [0.2, 0.25) is 0 Å². The lowest BCUT2D eigenvalue weighted by Crippen LogP contribution is -2.46. The number of carbonyl (C=O) groups is 5. The van der Waals surface area contributed by atoms with Gasteiger partial charge in [0, 0.05) is 42.3 Å². The molecule has 3 rings (SSSR count). The summed E-state index contributed by atoms with van der Waals surface area (Å²) in [5.74, 6) is -3.63. The molecular weight excluding hydrogens is 528 g/mol. The van der Waals surface area contributed by atoms with Crippen molar-refractivity contribution < 1.29 is 24.0 Å². The number of Topliss-reactive ketones (excluding diaryl/α,β-unsaturated/α-hetero) is 4. The third kappa shape index (κ3) is 8.51. The minimum atomic E-state index is -0.882. The smallest absolute Gasteiger partial charge is 0.224 e. The molecule has 0 bridgehead atoms. The van der Waals surface area contributed by atoms with E-state index in [1.807, 2.05) is 89.2 Å². The molecule has 0 saturated carbocycles. The number of carbonyl (C=O) groups excluding carboxylic acids is 5. The molecule has 0 fully saturated rings. The van der Waals surface area contributed by atoms with Gasteiger partial charge in [0.25, 0.3) is 0 Å². The molecule has 7 nitrogen and oxygen atoms in total. The van der Waals surface area contributed by atoms with Gasteiger partial charge in [0.1, 0.15) is 0 Å². The average Bonchev–Trinajstić information content (AvgIpc) is 2.96. The summed E-state index contributed by atoms with van der Waals surface area (Å²) >= 11 is 0. The van der Waals surface area contributed by atoms with Gasteiger partial charge in [0.05, 0.1) is 17.5 Å². The molecule has 0 aliphatic heterocycles. The maximum Gasteiger partial charge on any atom is 0.224 e. The molecule has 1 amide bonds. The van der Waals surface area contributed by atoms with Crippen LogP contribution in [-0.4, -0.2) is 40.1 Å². The number of aromatic nitrogens is 1. The molecule has 0 saturated heterocycles. The molecule has 2 aromatic carbocycles. The third-order valence-corrected chi connectivity index (χ3v) is 7.86. The molecule has 222 valence electrons. The van der Waals surface area contributed by atoms with E-state index in [0.29, 0.717) is 17.5 Å². The number of nitrogens with zero attached hydrogens (tertiary/aromatic N) is 1. The van der Waals surface area contributed by atoms with Crippen molar-refractivity contribution in [2.45, 2.75) is 73.3 Å². The van der Waals surface area contributed by atoms with Gasteiger partial charge in [-0.2, -0.15) is 0 Å². The fourth-order valence-corrected chi connectivity index (χ4v) is 5.08. The van der Waals surface area contributed by atoms with Crippen molar-refractivity contribution in [3.05, 3.63) is 78.0 Å². The van der Waals surface area contributed by atoms with Gasteiger partial charge >= 0.3 is 0 Å². The van der Waals surface area contributed by atoms with E-state index in [-0.39, 0.29) is 36.7 Å². The summed E-state index contributed by atoms with van der Waals surface area (Å²) in [5, 5.41) is 3.52. The summed E-state index contributed by atoms with van der Waals surface area (Å²) < 4.78 is 0. The van der Waals surface area contributed by atoms with Crippen molar-refractivity contribution in [1.29, 1.82) is 0 Å². The Kier molecular flexibility index (Phi) is 11.0. The van der Waals surface area contributed by atoms with E-state index in [2.05, 4.69) is 10.3 Å². The van der Waals surface area contributed by atoms with Crippen LogP contribution in [0, 0.1) is 23.2 Å². The van der Waals surface area contributed by atoms with Crippen LogP contribution in [0.15, 0.2) is 66.9 Å². The van der Waals surface area contributed by atoms with Crippen molar-refractivity contribution in [2.75, 3.05) is 0 Å². The number of hydrogen-bond donors (Lipinski definition) is 1. The van der Waals surface area contributed by atoms with Crippen molar-refractivity contribution in [3.8, 4) is 0 Å². The second kappa shape index (κ2) is 14.3. The van der Waals surface area contributed by atoms with Gasteiger partial charge in [-0.15, -0.1) is 0 Å². The Morgan fingerprint density at radius 1 is 0.833 bits per heavy atom. The zero-order chi connectivity index (χ0) is 31.0. The number of hydrogen-bond acceptors (Lipinski definition) is 6. The lowest BCUT2D eigenvalue weighted by molar-refractivity contribution is -0.141. The number of pyridine rings is 1. The highest BCUT2D eigenvalue weighted by Gasteiger charge is 2.36. The predicted octanol–water partition coefficient (Wildman–Crippen LogP) is 5.98. The molecule has 0 aliphatic carbocycles. The van der Waals surface area contributed by atoms with E-state index in [9.17, 15) is 24.0 Å². The number of aryl methyl sites for hydroxylation is 1. The molecular formula is C35H42N2O5. The summed E-state index contributed by atoms with van der Waals surface area (Å²) in [7, 11) is 0. The predicted molar refractivity (Wildman–Crippen MR) is 164 cm³/mol. The SMILES string of the molecule is CC(C)[C@H](CC(=O)[C@H](C)NC(=O)[C@@H](CC(=O)c1ccnc2ccccc12)C(C)(C)C)C(=O)C(=O)CCc1ccccc1. The maximum atomic E-state index is 13.5. The first-order valence-corrected chi connectivity index (χ1v) is 14.6. The second-order valence-corrected chi connectivity index (χ2v) is 12.4. The molecule has 0 radical (unpaired) electrons. The minimum Gasteiger partial charge on any atom is -0.346 e. The lowest BCUT2D eigenvalue weighted by atomic mass is 9.76. The van der Waals surface area contributed by atoms with Crippen molar-refractivity contribution in [3.63, 3.8) is 0 Å². The van der Waals surface area contributed by atoms with E-state index in [4.69, 9.17) is 0 Å². The highest BCUT2D eigenvalue weighted by molar-refractivity contribution is 6.38. The fourth-order valence-electron chi connectivity index (χ4n) is 5.08. The number of rotatable bonds is 14. The molecule has 7 heteroatoms. The highest BCUT2D eigenvalue weighted by Crippen LogP contribution is 2.31. The Bertz CT molecular complexity index is 1430. The van der Waals surface area contributed by atoms with E-state index in [1.165, 1.54) is 0 Å². The first-order chi connectivity index (χ1) is 19.8. The van der Waals surface area contributed by atoms with Crippen molar-refractivity contribution in [2.24, 2.45) is 23.2 Å². The van der Waals surface area contributed by atoms with E-state index in [0.717, 1.165) is 10.9 Å². The molecule has 3 aromatic rings. The summed E-state index contributed by atoms with van der Waals surface area (Å²) in [6.45, 7) is 10.9. The van der Waals surface area contributed by atoms with Crippen molar-refractivity contribution >= 4 is 39.9 Å². The first kappa shape index (κ1) is 32.5. The molecule has 1 aromatic heterocycles. The van der Waals surface area contributed by atoms with E-state index < -0.39 is 40.8 Å². The van der Waals surface area contributed by atoms with Gasteiger partial charge in [-0.05, 0) is 42.4 Å². The zero-order valence-electron chi connectivity index (χ0n) is 25.5. The molecule has 0 spiro atoms. The molecule has 1 N–H and O–H groups in total. The molecule has 0 aliphatic rings. The maximum absolute atomic E-state index is 13.5. The van der Waals surface area contributed by atoms with Crippen LogP contribution in [0.25, 0.3) is 10.9 Å². The summed E-state index contributed by atoms with van der Waals surface area (Å²) in [4.78, 5) is 70.2. The first-order valence-electron chi connectivity index (χ1n) is 14.6. The second-order valence-electron chi connectivity index (χ2n) is 12.4. The summed E-state index contributed by atoms with van der Waals surface area (Å²) in [6, 6.07) is 17.6. The van der Waals surface area contributed by atoms with Crippen LogP contribution in [0.4, 0.5) is 0 Å². The number of amides is 1. The van der Waals surface area contributed by atoms with Crippen LogP contribution in [0.3, 0.4) is 0 Å². The van der Waals surface area contributed by atoms with Gasteiger partial charge in [-0.25, -0.2) is 0 Å². The van der Waals surface area contributed by atoms with Gasteiger partial charge in [-0.1, -0.05) is 83.1 Å². The monoisotopic (exact) mass is 570 g/mol. The summed E-state index contributed by atoms with van der Waals surface area (Å²) in [5.41, 5.74) is 1.61. The zero-order valence-corrected chi connectivity index (χ0v) is 25.5. The van der Waals surface area contributed by atoms with Gasteiger partial charge in [0.2, 0.25) is 11.7 Å². The van der Waals surface area contributed by atoms with E-state index >= 15 is 0 Å². The van der Waals surface area contributed by atoms with Gasteiger partial charge in [0.15, 0.2) is 17.3 Å². The Morgan fingerprint density at radius 3 is 2.12 bits per heavy atom. The highest BCUT2D eigenvalue weighted by atomic mass is 16.2. The normalized spacial score (nSPS) is 13.8. The molecule has 3 atom stereocenters.